The molecule has 4 N–H and O–H groups in total. The second-order valence-corrected chi connectivity index (χ2v) is 12.0. The van der Waals surface area contributed by atoms with Gasteiger partial charge in [0.1, 0.15) is 5.69 Å². The molecule has 42 heavy (non-hydrogen) atoms. The highest BCUT2D eigenvalue weighted by Gasteiger charge is 2.18. The van der Waals surface area contributed by atoms with Gasteiger partial charge < -0.3 is 15.6 Å². The SMILES string of the molecule is CC(=O)c1ccc(-c2cccc3[nH]c(-c4n[nH]c5ccc(-c6cncc(NC(=O)CC7CCNCC7)c6)cc45)cc23)s1. The number of benzene rings is 2. The summed E-state index contributed by atoms with van der Waals surface area (Å²) >= 11 is 1.51. The fourth-order valence-electron chi connectivity index (χ4n) is 5.79. The molecular weight excluding hydrogens is 544 g/mol. The number of rotatable bonds is 7. The summed E-state index contributed by atoms with van der Waals surface area (Å²) in [5, 5.41) is 16.3. The van der Waals surface area contributed by atoms with Crippen molar-refractivity contribution in [2.75, 3.05) is 18.4 Å². The van der Waals surface area contributed by atoms with E-state index in [2.05, 4.69) is 55.1 Å². The number of fused-ring (bicyclic) bond motifs is 2. The van der Waals surface area contributed by atoms with E-state index in [9.17, 15) is 9.59 Å². The van der Waals surface area contributed by atoms with Crippen LogP contribution in [0, 0.1) is 5.92 Å². The summed E-state index contributed by atoms with van der Waals surface area (Å²) in [6, 6.07) is 20.3. The Bertz CT molecular complexity index is 1940. The van der Waals surface area contributed by atoms with Gasteiger partial charge in [-0.25, -0.2) is 0 Å². The zero-order valence-corrected chi connectivity index (χ0v) is 24.0. The number of carbonyl (C=O) groups is 2. The third-order valence-electron chi connectivity index (χ3n) is 7.99. The quantitative estimate of drug-likeness (QED) is 0.153. The Hall–Kier alpha value is -4.60. The van der Waals surface area contributed by atoms with Crippen molar-refractivity contribution in [1.82, 2.24) is 25.5 Å². The van der Waals surface area contributed by atoms with Gasteiger partial charge in [-0.1, -0.05) is 18.2 Å². The summed E-state index contributed by atoms with van der Waals surface area (Å²) in [6.45, 7) is 3.55. The first-order chi connectivity index (χ1) is 20.5. The van der Waals surface area contributed by atoms with Crippen molar-refractivity contribution in [2.24, 2.45) is 5.92 Å². The molecule has 2 aromatic carbocycles. The number of nitrogens with zero attached hydrogens (tertiary/aromatic N) is 2. The third kappa shape index (κ3) is 5.13. The number of Topliss-reactive ketones (excluding diaryl/α,β-unsaturated/α-hetero) is 1. The van der Waals surface area contributed by atoms with Crippen LogP contribution in [0.3, 0.4) is 0 Å². The standard InChI is InChI=1S/C33H30N6O2S/c1-19(40)30-7-8-31(42-30)24-3-2-4-27-25(24)16-29(37-27)33-26-15-21(5-6-28(26)38-39-33)22-14-23(18-35-17-22)36-32(41)13-20-9-11-34-12-10-20/h2-8,14-18,20,34,37H,9-13H2,1H3,(H,36,41)(H,38,39). The lowest BCUT2D eigenvalue weighted by Gasteiger charge is -2.21. The topological polar surface area (TPSA) is 116 Å². The molecule has 0 spiro atoms. The van der Waals surface area contributed by atoms with Gasteiger partial charge in [0.15, 0.2) is 5.78 Å². The molecule has 6 aromatic rings. The maximum absolute atomic E-state index is 12.7. The first-order valence-electron chi connectivity index (χ1n) is 14.2. The molecule has 9 heteroatoms. The van der Waals surface area contributed by atoms with Crippen molar-refractivity contribution in [3.05, 3.63) is 77.9 Å². The molecule has 0 radical (unpaired) electrons. The highest BCUT2D eigenvalue weighted by Crippen LogP contribution is 2.37. The minimum absolute atomic E-state index is 0.0340. The number of H-pyrrole nitrogens is 2. The van der Waals surface area contributed by atoms with Crippen molar-refractivity contribution in [1.29, 1.82) is 0 Å². The van der Waals surface area contributed by atoms with Crippen LogP contribution in [0.5, 0.6) is 0 Å². The summed E-state index contributed by atoms with van der Waals surface area (Å²) in [4.78, 5) is 34.3. The number of ketones is 1. The van der Waals surface area contributed by atoms with Crippen LogP contribution in [0.1, 0.15) is 35.9 Å². The van der Waals surface area contributed by atoms with E-state index in [4.69, 9.17) is 0 Å². The van der Waals surface area contributed by atoms with E-state index in [0.29, 0.717) is 18.0 Å². The van der Waals surface area contributed by atoms with Gasteiger partial charge >= 0.3 is 0 Å². The number of hydrogen-bond acceptors (Lipinski definition) is 6. The molecule has 1 fully saturated rings. The molecule has 210 valence electrons. The first-order valence-corrected chi connectivity index (χ1v) is 15.0. The number of hydrogen-bond donors (Lipinski definition) is 4. The van der Waals surface area contributed by atoms with E-state index in [1.807, 2.05) is 42.6 Å². The normalized spacial score (nSPS) is 14.0. The fraction of sp³-hybridized carbons (Fsp3) is 0.212. The number of thiophene rings is 1. The summed E-state index contributed by atoms with van der Waals surface area (Å²) in [7, 11) is 0. The Labute approximate surface area is 246 Å². The van der Waals surface area contributed by atoms with E-state index >= 15 is 0 Å². The van der Waals surface area contributed by atoms with Crippen LogP contribution < -0.4 is 10.6 Å². The molecule has 0 unspecified atom stereocenters. The molecule has 7 rings (SSSR count). The molecule has 1 amide bonds. The van der Waals surface area contributed by atoms with Gasteiger partial charge in [-0.05, 0) is 86.8 Å². The van der Waals surface area contributed by atoms with Gasteiger partial charge in [0, 0.05) is 44.9 Å². The van der Waals surface area contributed by atoms with Crippen LogP contribution in [0.4, 0.5) is 5.69 Å². The van der Waals surface area contributed by atoms with Crippen LogP contribution in [0.25, 0.3) is 54.8 Å². The lowest BCUT2D eigenvalue weighted by Crippen LogP contribution is -2.30. The molecule has 1 aliphatic rings. The number of amides is 1. The number of anilines is 1. The van der Waals surface area contributed by atoms with Crippen molar-refractivity contribution in [2.45, 2.75) is 26.2 Å². The van der Waals surface area contributed by atoms with E-state index in [0.717, 1.165) is 85.6 Å². The van der Waals surface area contributed by atoms with Crippen LogP contribution >= 0.6 is 11.3 Å². The molecule has 8 nitrogen and oxygen atoms in total. The number of nitrogens with one attached hydrogen (secondary N) is 4. The number of pyridine rings is 1. The molecule has 0 aliphatic carbocycles. The van der Waals surface area contributed by atoms with Gasteiger partial charge in [-0.2, -0.15) is 5.10 Å². The smallest absolute Gasteiger partial charge is 0.224 e. The van der Waals surface area contributed by atoms with Gasteiger partial charge in [0.25, 0.3) is 0 Å². The molecule has 5 heterocycles. The summed E-state index contributed by atoms with van der Waals surface area (Å²) in [5.41, 5.74) is 7.34. The molecule has 4 aromatic heterocycles. The summed E-state index contributed by atoms with van der Waals surface area (Å²) in [5.74, 6) is 0.535. The molecule has 0 bridgehead atoms. The largest absolute Gasteiger partial charge is 0.353 e. The average Bonchev–Trinajstić information content (AvgIpc) is 3.75. The van der Waals surface area contributed by atoms with Crippen molar-refractivity contribution < 1.29 is 9.59 Å². The zero-order valence-electron chi connectivity index (χ0n) is 23.2. The van der Waals surface area contributed by atoms with Gasteiger partial charge in [-0.15, -0.1) is 11.3 Å². The predicted octanol–water partition coefficient (Wildman–Crippen LogP) is 7.03. The Balaban J connectivity index is 1.19. The van der Waals surface area contributed by atoms with Crippen molar-refractivity contribution >= 4 is 50.5 Å². The lowest BCUT2D eigenvalue weighted by atomic mass is 9.94. The molecule has 1 saturated heterocycles. The summed E-state index contributed by atoms with van der Waals surface area (Å²) < 4.78 is 0. The number of piperidine rings is 1. The maximum atomic E-state index is 12.7. The third-order valence-corrected chi connectivity index (χ3v) is 9.21. The van der Waals surface area contributed by atoms with Crippen LogP contribution in [0.15, 0.2) is 73.1 Å². The highest BCUT2D eigenvalue weighted by atomic mass is 32.1. The highest BCUT2D eigenvalue weighted by molar-refractivity contribution is 7.17. The number of carbonyl (C=O) groups excluding carboxylic acids is 2. The van der Waals surface area contributed by atoms with Crippen LogP contribution in [0.2, 0.25) is 0 Å². The second-order valence-electron chi connectivity index (χ2n) is 10.9. The van der Waals surface area contributed by atoms with Gasteiger partial charge in [0.2, 0.25) is 5.91 Å². The van der Waals surface area contributed by atoms with E-state index < -0.39 is 0 Å². The second kappa shape index (κ2) is 11.0. The molecular formula is C33H30N6O2S. The molecule has 0 atom stereocenters. The first kappa shape index (κ1) is 26.3. The van der Waals surface area contributed by atoms with Crippen LogP contribution in [-0.4, -0.2) is 44.9 Å². The van der Waals surface area contributed by atoms with E-state index in [1.54, 1.807) is 13.1 Å². The Kier molecular flexibility index (Phi) is 6.89. The zero-order chi connectivity index (χ0) is 28.6. The lowest BCUT2D eigenvalue weighted by molar-refractivity contribution is -0.117. The predicted molar refractivity (Wildman–Crippen MR) is 169 cm³/mol. The average molecular weight is 575 g/mol. The molecule has 0 saturated carbocycles. The fourth-order valence-corrected chi connectivity index (χ4v) is 6.74. The molecule has 1 aliphatic heterocycles. The minimum atomic E-state index is 0.0340. The maximum Gasteiger partial charge on any atom is 0.224 e. The van der Waals surface area contributed by atoms with E-state index in [1.165, 1.54) is 11.3 Å². The number of aromatic nitrogens is 4. The van der Waals surface area contributed by atoms with Gasteiger partial charge in [-0.3, -0.25) is 19.7 Å². The van der Waals surface area contributed by atoms with Crippen molar-refractivity contribution in [3.8, 4) is 33.0 Å². The Morgan fingerprint density at radius 3 is 2.67 bits per heavy atom. The minimum Gasteiger partial charge on any atom is -0.353 e. The van der Waals surface area contributed by atoms with E-state index in [-0.39, 0.29) is 11.7 Å². The van der Waals surface area contributed by atoms with Gasteiger partial charge in [0.05, 0.1) is 28.0 Å². The summed E-state index contributed by atoms with van der Waals surface area (Å²) in [6.07, 6.45) is 6.11. The monoisotopic (exact) mass is 574 g/mol. The van der Waals surface area contributed by atoms with Crippen LogP contribution in [-0.2, 0) is 4.79 Å². The Morgan fingerprint density at radius 1 is 0.952 bits per heavy atom. The van der Waals surface area contributed by atoms with Crippen molar-refractivity contribution in [3.63, 3.8) is 0 Å². The number of aromatic amines is 2. The Morgan fingerprint density at radius 2 is 1.83 bits per heavy atom.